The van der Waals surface area contributed by atoms with Crippen molar-refractivity contribution in [1.82, 2.24) is 4.98 Å². The van der Waals surface area contributed by atoms with Crippen molar-refractivity contribution in [3.8, 4) is 0 Å². The summed E-state index contributed by atoms with van der Waals surface area (Å²) in [6.07, 6.45) is 4.72. The second-order valence-corrected chi connectivity index (χ2v) is 5.91. The molecule has 1 amide bonds. The predicted octanol–water partition coefficient (Wildman–Crippen LogP) is 4.89. The van der Waals surface area contributed by atoms with Crippen LogP contribution in [0, 0.1) is 0 Å². The largest absolute Gasteiger partial charge is 0.357 e. The first-order valence-corrected chi connectivity index (χ1v) is 8.44. The van der Waals surface area contributed by atoms with Gasteiger partial charge in [-0.05, 0) is 49.8 Å². The first-order chi connectivity index (χ1) is 11.5. The monoisotopic (exact) mass is 363 g/mol. The van der Waals surface area contributed by atoms with Crippen molar-refractivity contribution < 1.29 is 4.79 Å². The van der Waals surface area contributed by atoms with E-state index in [0.717, 1.165) is 24.5 Å². The number of nitrogens with zero attached hydrogens (tertiary/aromatic N) is 2. The van der Waals surface area contributed by atoms with E-state index in [-0.39, 0.29) is 5.91 Å². The van der Waals surface area contributed by atoms with E-state index in [9.17, 15) is 4.79 Å². The summed E-state index contributed by atoms with van der Waals surface area (Å²) in [5, 5.41) is 3.82. The van der Waals surface area contributed by atoms with Gasteiger partial charge in [0.1, 0.15) is 5.82 Å². The van der Waals surface area contributed by atoms with Gasteiger partial charge in [-0.1, -0.05) is 29.3 Å². The standard InChI is InChI=1S/C18H19Cl2N3O/c1-3-23(4-2)17-9-8-15(12-21-17)22-18(24)10-6-13-5-7-14(19)11-16(13)20/h5-12H,3-4H2,1-2H3,(H,22,24)/b10-6+. The van der Waals surface area contributed by atoms with Gasteiger partial charge in [0.25, 0.3) is 0 Å². The van der Waals surface area contributed by atoms with Crippen LogP contribution in [-0.2, 0) is 4.79 Å². The molecule has 2 rings (SSSR count). The molecule has 0 aliphatic heterocycles. The summed E-state index contributed by atoms with van der Waals surface area (Å²) >= 11 is 11.9. The number of halogens is 2. The van der Waals surface area contributed by atoms with Crippen molar-refractivity contribution in [2.45, 2.75) is 13.8 Å². The molecule has 0 aliphatic carbocycles. The van der Waals surface area contributed by atoms with Crippen LogP contribution in [0.4, 0.5) is 11.5 Å². The topological polar surface area (TPSA) is 45.2 Å². The minimum atomic E-state index is -0.251. The van der Waals surface area contributed by atoms with E-state index in [1.165, 1.54) is 6.08 Å². The van der Waals surface area contributed by atoms with Gasteiger partial charge in [0.05, 0.1) is 11.9 Å². The van der Waals surface area contributed by atoms with E-state index in [1.807, 2.05) is 12.1 Å². The van der Waals surface area contributed by atoms with Crippen molar-refractivity contribution >= 4 is 46.7 Å². The van der Waals surface area contributed by atoms with Crippen molar-refractivity contribution in [1.29, 1.82) is 0 Å². The second kappa shape index (κ2) is 8.71. The Labute approximate surface area is 152 Å². The maximum absolute atomic E-state index is 12.0. The number of pyridine rings is 1. The van der Waals surface area contributed by atoms with Gasteiger partial charge >= 0.3 is 0 Å². The number of rotatable bonds is 6. The highest BCUT2D eigenvalue weighted by Gasteiger charge is 2.04. The average Bonchev–Trinajstić information content (AvgIpc) is 2.56. The fraction of sp³-hybridized carbons (Fsp3) is 0.222. The molecule has 126 valence electrons. The van der Waals surface area contributed by atoms with Gasteiger partial charge < -0.3 is 10.2 Å². The predicted molar refractivity (Wildman–Crippen MR) is 102 cm³/mol. The van der Waals surface area contributed by atoms with Crippen LogP contribution < -0.4 is 10.2 Å². The highest BCUT2D eigenvalue weighted by Crippen LogP contribution is 2.22. The summed E-state index contributed by atoms with van der Waals surface area (Å²) in [4.78, 5) is 18.5. The van der Waals surface area contributed by atoms with Gasteiger partial charge in [0, 0.05) is 29.2 Å². The zero-order valence-corrected chi connectivity index (χ0v) is 15.1. The lowest BCUT2D eigenvalue weighted by Crippen LogP contribution is -2.22. The van der Waals surface area contributed by atoms with E-state index in [0.29, 0.717) is 15.7 Å². The number of carbonyl (C=O) groups is 1. The lowest BCUT2D eigenvalue weighted by Gasteiger charge is -2.19. The maximum Gasteiger partial charge on any atom is 0.248 e. The number of amides is 1. The number of nitrogens with one attached hydrogen (secondary N) is 1. The van der Waals surface area contributed by atoms with Crippen LogP contribution in [0.3, 0.4) is 0 Å². The Morgan fingerprint density at radius 3 is 2.54 bits per heavy atom. The normalized spacial score (nSPS) is 10.8. The summed E-state index contributed by atoms with van der Waals surface area (Å²) in [6, 6.07) is 8.84. The van der Waals surface area contributed by atoms with Crippen LogP contribution >= 0.6 is 23.2 Å². The van der Waals surface area contributed by atoms with E-state index in [2.05, 4.69) is 29.0 Å². The Morgan fingerprint density at radius 2 is 1.96 bits per heavy atom. The highest BCUT2D eigenvalue weighted by molar-refractivity contribution is 6.35. The average molecular weight is 364 g/mol. The molecule has 0 spiro atoms. The highest BCUT2D eigenvalue weighted by atomic mass is 35.5. The molecule has 24 heavy (non-hydrogen) atoms. The first-order valence-electron chi connectivity index (χ1n) is 7.68. The molecule has 2 aromatic rings. The first kappa shape index (κ1) is 18.3. The molecular formula is C18H19Cl2N3O. The minimum absolute atomic E-state index is 0.251. The van der Waals surface area contributed by atoms with Gasteiger partial charge in [-0.15, -0.1) is 0 Å². The summed E-state index contributed by atoms with van der Waals surface area (Å²) in [5.74, 6) is 0.639. The molecule has 1 aromatic carbocycles. The molecule has 0 aliphatic rings. The van der Waals surface area contributed by atoms with Crippen LogP contribution in [0.2, 0.25) is 10.0 Å². The van der Waals surface area contributed by atoms with Crippen LogP contribution in [0.25, 0.3) is 6.08 Å². The third kappa shape index (κ3) is 4.98. The SMILES string of the molecule is CCN(CC)c1ccc(NC(=O)/C=C/c2ccc(Cl)cc2Cl)cn1. The molecule has 1 N–H and O–H groups in total. The fourth-order valence-corrected chi connectivity index (χ4v) is 2.65. The molecule has 1 aromatic heterocycles. The molecule has 0 bridgehead atoms. The van der Waals surface area contributed by atoms with Gasteiger partial charge in [-0.3, -0.25) is 4.79 Å². The van der Waals surface area contributed by atoms with E-state index in [4.69, 9.17) is 23.2 Å². The van der Waals surface area contributed by atoms with Crippen molar-refractivity contribution in [3.05, 3.63) is 58.2 Å². The van der Waals surface area contributed by atoms with Crippen molar-refractivity contribution in [2.75, 3.05) is 23.3 Å². The lowest BCUT2D eigenvalue weighted by atomic mass is 10.2. The Bertz CT molecular complexity index is 726. The zero-order chi connectivity index (χ0) is 17.5. The summed E-state index contributed by atoms with van der Waals surface area (Å²) in [6.45, 7) is 5.93. The maximum atomic E-state index is 12.0. The Balaban J connectivity index is 2.00. The molecule has 1 heterocycles. The van der Waals surface area contributed by atoms with Crippen molar-refractivity contribution in [2.24, 2.45) is 0 Å². The van der Waals surface area contributed by atoms with E-state index >= 15 is 0 Å². The molecule has 0 atom stereocenters. The number of hydrogen-bond donors (Lipinski definition) is 1. The van der Waals surface area contributed by atoms with Crippen LogP contribution in [0.1, 0.15) is 19.4 Å². The fourth-order valence-electron chi connectivity index (χ4n) is 2.18. The molecule has 0 saturated carbocycles. The zero-order valence-electron chi connectivity index (χ0n) is 13.6. The number of anilines is 2. The lowest BCUT2D eigenvalue weighted by molar-refractivity contribution is -0.111. The van der Waals surface area contributed by atoms with Crippen LogP contribution in [-0.4, -0.2) is 24.0 Å². The molecule has 0 fully saturated rings. The summed E-state index contributed by atoms with van der Waals surface area (Å²) in [5.41, 5.74) is 1.37. The molecule has 6 heteroatoms. The van der Waals surface area contributed by atoms with Crippen molar-refractivity contribution in [3.63, 3.8) is 0 Å². The van der Waals surface area contributed by atoms with E-state index in [1.54, 1.807) is 30.5 Å². The Morgan fingerprint density at radius 1 is 1.21 bits per heavy atom. The smallest absolute Gasteiger partial charge is 0.248 e. The third-order valence-corrected chi connectivity index (χ3v) is 4.04. The van der Waals surface area contributed by atoms with Crippen LogP contribution in [0.15, 0.2) is 42.6 Å². The van der Waals surface area contributed by atoms with Crippen LogP contribution in [0.5, 0.6) is 0 Å². The summed E-state index contributed by atoms with van der Waals surface area (Å²) < 4.78 is 0. The molecular weight excluding hydrogens is 345 g/mol. The van der Waals surface area contributed by atoms with Gasteiger partial charge in [0.15, 0.2) is 0 Å². The second-order valence-electron chi connectivity index (χ2n) is 5.07. The number of carbonyl (C=O) groups excluding carboxylic acids is 1. The summed E-state index contributed by atoms with van der Waals surface area (Å²) in [7, 11) is 0. The number of hydrogen-bond acceptors (Lipinski definition) is 3. The quantitative estimate of drug-likeness (QED) is 0.743. The van der Waals surface area contributed by atoms with Gasteiger partial charge in [-0.25, -0.2) is 4.98 Å². The Hall–Kier alpha value is -2.04. The molecule has 0 saturated heterocycles. The number of aromatic nitrogens is 1. The minimum Gasteiger partial charge on any atom is -0.357 e. The van der Waals surface area contributed by atoms with Gasteiger partial charge in [0.2, 0.25) is 5.91 Å². The molecule has 0 unspecified atom stereocenters. The van der Waals surface area contributed by atoms with E-state index < -0.39 is 0 Å². The van der Waals surface area contributed by atoms with Gasteiger partial charge in [-0.2, -0.15) is 0 Å². The molecule has 4 nitrogen and oxygen atoms in total. The molecule has 0 radical (unpaired) electrons. The number of benzene rings is 1. The Kier molecular flexibility index (Phi) is 6.64. The third-order valence-electron chi connectivity index (χ3n) is 3.48.